The standard InChI is InChI=1S/C24H27N3O4S2/c28-23(26-13-3-4-14-26)12-15-27-21-11-10-18(16-22(21)32-24(27)29)33(30,31)25-20-9-5-7-17-6-1-2-8-19(17)20/h1-2,6,8,10-11,16,20,25H,3-5,7,9,12-15H2. The maximum absolute atomic E-state index is 13.2. The Kier molecular flexibility index (Phi) is 6.11. The van der Waals surface area contributed by atoms with E-state index in [0.717, 1.165) is 62.1 Å². The highest BCUT2D eigenvalue weighted by molar-refractivity contribution is 7.89. The number of aryl methyl sites for hydroxylation is 2. The molecule has 1 fully saturated rings. The molecular weight excluding hydrogens is 458 g/mol. The van der Waals surface area contributed by atoms with Gasteiger partial charge in [0.05, 0.1) is 15.1 Å². The van der Waals surface area contributed by atoms with Crippen LogP contribution in [0.3, 0.4) is 0 Å². The van der Waals surface area contributed by atoms with Gasteiger partial charge >= 0.3 is 4.87 Å². The first-order chi connectivity index (χ1) is 15.9. The van der Waals surface area contributed by atoms with Crippen LogP contribution in [0.15, 0.2) is 52.2 Å². The van der Waals surface area contributed by atoms with E-state index in [1.807, 2.05) is 23.1 Å². The molecule has 2 aromatic carbocycles. The van der Waals surface area contributed by atoms with Gasteiger partial charge in [0.15, 0.2) is 0 Å². The quantitative estimate of drug-likeness (QED) is 0.579. The van der Waals surface area contributed by atoms with E-state index in [0.29, 0.717) is 16.8 Å². The number of carbonyl (C=O) groups excluding carboxylic acids is 1. The summed E-state index contributed by atoms with van der Waals surface area (Å²) < 4.78 is 31.4. The number of thiazole rings is 1. The number of hydrogen-bond acceptors (Lipinski definition) is 5. The smallest absolute Gasteiger partial charge is 0.308 e. The highest BCUT2D eigenvalue weighted by atomic mass is 32.2. The van der Waals surface area contributed by atoms with E-state index in [9.17, 15) is 18.0 Å². The van der Waals surface area contributed by atoms with Crippen molar-refractivity contribution < 1.29 is 13.2 Å². The van der Waals surface area contributed by atoms with E-state index in [-0.39, 0.29) is 28.1 Å². The first-order valence-electron chi connectivity index (χ1n) is 11.4. The number of sulfonamides is 1. The molecule has 2 heterocycles. The van der Waals surface area contributed by atoms with Gasteiger partial charge in [-0.3, -0.25) is 14.2 Å². The van der Waals surface area contributed by atoms with Crippen LogP contribution < -0.4 is 9.60 Å². The molecule has 33 heavy (non-hydrogen) atoms. The van der Waals surface area contributed by atoms with Gasteiger partial charge in [0.25, 0.3) is 0 Å². The van der Waals surface area contributed by atoms with Crippen LogP contribution in [0.2, 0.25) is 0 Å². The zero-order valence-electron chi connectivity index (χ0n) is 18.3. The molecule has 2 aliphatic rings. The Labute approximate surface area is 197 Å². The Morgan fingerprint density at radius 2 is 1.88 bits per heavy atom. The lowest BCUT2D eigenvalue weighted by Gasteiger charge is -2.26. The van der Waals surface area contributed by atoms with Crippen LogP contribution in [0.5, 0.6) is 0 Å². The Hall–Kier alpha value is -2.49. The van der Waals surface area contributed by atoms with Crippen molar-refractivity contribution in [3.63, 3.8) is 0 Å². The third-order valence-corrected chi connectivity index (χ3v) is 9.04. The second-order valence-corrected chi connectivity index (χ2v) is 11.5. The van der Waals surface area contributed by atoms with Gasteiger partial charge in [-0.2, -0.15) is 0 Å². The third-order valence-electron chi connectivity index (χ3n) is 6.62. The number of likely N-dealkylation sites (tertiary alicyclic amines) is 1. The van der Waals surface area contributed by atoms with E-state index in [2.05, 4.69) is 10.8 Å². The Balaban J connectivity index is 1.36. The largest absolute Gasteiger partial charge is 0.343 e. The van der Waals surface area contributed by atoms with Gasteiger partial charge in [0.2, 0.25) is 15.9 Å². The van der Waals surface area contributed by atoms with Gasteiger partial charge in [-0.1, -0.05) is 35.6 Å². The van der Waals surface area contributed by atoms with Crippen molar-refractivity contribution in [3.8, 4) is 0 Å². The molecule has 7 nitrogen and oxygen atoms in total. The lowest BCUT2D eigenvalue weighted by atomic mass is 9.88. The van der Waals surface area contributed by atoms with Crippen molar-refractivity contribution in [2.75, 3.05) is 13.1 Å². The van der Waals surface area contributed by atoms with Crippen LogP contribution in [-0.4, -0.2) is 36.9 Å². The fourth-order valence-electron chi connectivity index (χ4n) is 4.89. The van der Waals surface area contributed by atoms with Crippen molar-refractivity contribution in [2.45, 2.75) is 56.0 Å². The second-order valence-electron chi connectivity index (χ2n) is 8.75. The van der Waals surface area contributed by atoms with Crippen LogP contribution in [0.25, 0.3) is 10.2 Å². The highest BCUT2D eigenvalue weighted by Gasteiger charge is 2.26. The van der Waals surface area contributed by atoms with Gasteiger partial charge in [0, 0.05) is 32.1 Å². The summed E-state index contributed by atoms with van der Waals surface area (Å²) in [5.74, 6) is 0.0647. The summed E-state index contributed by atoms with van der Waals surface area (Å²) in [5, 5.41) is 0. The Morgan fingerprint density at radius 1 is 1.09 bits per heavy atom. The normalized spacial score (nSPS) is 18.5. The van der Waals surface area contributed by atoms with Crippen molar-refractivity contribution in [2.24, 2.45) is 0 Å². The summed E-state index contributed by atoms with van der Waals surface area (Å²) in [6, 6.07) is 12.5. The summed E-state index contributed by atoms with van der Waals surface area (Å²) in [6.07, 6.45) is 4.99. The monoisotopic (exact) mass is 485 g/mol. The number of nitrogens with zero attached hydrogens (tertiary/aromatic N) is 2. The zero-order valence-corrected chi connectivity index (χ0v) is 20.0. The third kappa shape index (κ3) is 4.49. The average Bonchev–Trinajstić information content (AvgIpc) is 3.45. The van der Waals surface area contributed by atoms with E-state index in [4.69, 9.17) is 0 Å². The fourth-order valence-corrected chi connectivity index (χ4v) is 7.20. The molecule has 5 rings (SSSR count). The minimum absolute atomic E-state index is 0.0647. The van der Waals surface area contributed by atoms with Crippen molar-refractivity contribution in [1.29, 1.82) is 0 Å². The number of aromatic nitrogens is 1. The molecule has 174 valence electrons. The molecule has 1 atom stereocenters. The number of hydrogen-bond donors (Lipinski definition) is 1. The lowest BCUT2D eigenvalue weighted by molar-refractivity contribution is -0.130. The zero-order chi connectivity index (χ0) is 23.0. The SMILES string of the molecule is O=C(CCn1c(=O)sc2cc(S(=O)(=O)NC3CCCc4ccccc43)ccc21)N1CCCC1. The average molecular weight is 486 g/mol. The van der Waals surface area contributed by atoms with E-state index in [1.165, 1.54) is 5.56 Å². The molecule has 9 heteroatoms. The molecule has 1 aromatic heterocycles. The summed E-state index contributed by atoms with van der Waals surface area (Å²) in [5.41, 5.74) is 2.89. The molecule has 0 spiro atoms. The van der Waals surface area contributed by atoms with Crippen LogP contribution >= 0.6 is 11.3 Å². The van der Waals surface area contributed by atoms with Gasteiger partial charge in [-0.05, 0) is 61.4 Å². The summed E-state index contributed by atoms with van der Waals surface area (Å²) in [7, 11) is -3.75. The summed E-state index contributed by atoms with van der Waals surface area (Å²) in [4.78, 5) is 26.8. The van der Waals surface area contributed by atoms with Crippen LogP contribution in [0, 0.1) is 0 Å². The van der Waals surface area contributed by atoms with Crippen LogP contribution in [0.1, 0.15) is 49.3 Å². The molecule has 1 unspecified atom stereocenters. The Morgan fingerprint density at radius 3 is 2.70 bits per heavy atom. The van der Waals surface area contributed by atoms with E-state index >= 15 is 0 Å². The molecule has 0 bridgehead atoms. The second kappa shape index (κ2) is 9.04. The maximum atomic E-state index is 13.2. The van der Waals surface area contributed by atoms with Gasteiger partial charge < -0.3 is 4.90 Å². The van der Waals surface area contributed by atoms with Crippen molar-refractivity contribution in [1.82, 2.24) is 14.2 Å². The fraction of sp³-hybridized carbons (Fsp3) is 0.417. The minimum atomic E-state index is -3.75. The summed E-state index contributed by atoms with van der Waals surface area (Å²) in [6.45, 7) is 1.88. The molecule has 3 aromatic rings. The van der Waals surface area contributed by atoms with Gasteiger partial charge in [0.1, 0.15) is 0 Å². The predicted molar refractivity (Wildman–Crippen MR) is 129 cm³/mol. The highest BCUT2D eigenvalue weighted by Crippen LogP contribution is 2.31. The number of amides is 1. The number of benzene rings is 2. The maximum Gasteiger partial charge on any atom is 0.308 e. The molecular formula is C24H27N3O4S2. The van der Waals surface area contributed by atoms with Gasteiger partial charge in [-0.25, -0.2) is 13.1 Å². The van der Waals surface area contributed by atoms with Crippen molar-refractivity contribution in [3.05, 3.63) is 63.3 Å². The lowest BCUT2D eigenvalue weighted by Crippen LogP contribution is -2.31. The Bertz CT molecular complexity index is 1350. The number of fused-ring (bicyclic) bond motifs is 2. The first kappa shape index (κ1) is 22.3. The van der Waals surface area contributed by atoms with E-state index < -0.39 is 10.0 Å². The predicted octanol–water partition coefficient (Wildman–Crippen LogP) is 3.43. The molecule has 1 aliphatic heterocycles. The number of rotatable bonds is 6. The first-order valence-corrected chi connectivity index (χ1v) is 13.7. The molecule has 0 radical (unpaired) electrons. The molecule has 1 N–H and O–H groups in total. The van der Waals surface area contributed by atoms with E-state index in [1.54, 1.807) is 22.8 Å². The van der Waals surface area contributed by atoms with Crippen LogP contribution in [-0.2, 0) is 27.8 Å². The van der Waals surface area contributed by atoms with Crippen LogP contribution in [0.4, 0.5) is 0 Å². The molecule has 0 saturated carbocycles. The number of nitrogens with one attached hydrogen (secondary N) is 1. The number of carbonyl (C=O) groups is 1. The molecule has 1 saturated heterocycles. The molecule has 1 amide bonds. The summed E-state index contributed by atoms with van der Waals surface area (Å²) >= 11 is 1.02. The molecule has 1 aliphatic carbocycles. The van der Waals surface area contributed by atoms with Crippen molar-refractivity contribution >= 4 is 37.5 Å². The topological polar surface area (TPSA) is 88.5 Å². The minimum Gasteiger partial charge on any atom is -0.343 e. The van der Waals surface area contributed by atoms with Gasteiger partial charge in [-0.15, -0.1) is 0 Å².